The lowest BCUT2D eigenvalue weighted by molar-refractivity contribution is 0.303. The number of nitrogens with zero attached hydrogens (tertiary/aromatic N) is 1. The highest BCUT2D eigenvalue weighted by Gasteiger charge is 2.25. The maximum Gasteiger partial charge on any atom is 0.123 e. The van der Waals surface area contributed by atoms with Gasteiger partial charge in [0.2, 0.25) is 0 Å². The minimum atomic E-state index is 0.313. The number of piperidine rings is 1. The van der Waals surface area contributed by atoms with Crippen LogP contribution in [0.25, 0.3) is 11.1 Å². The molecule has 30 heavy (non-hydrogen) atoms. The number of ether oxygens (including phenoxy) is 1. The summed E-state index contributed by atoms with van der Waals surface area (Å²) in [6.45, 7) is 1.79. The molecule has 3 aromatic carbocycles. The molecule has 0 aromatic heterocycles. The molecule has 0 unspecified atom stereocenters. The normalized spacial score (nSPS) is 18.5. The quantitative estimate of drug-likeness (QED) is 0.626. The molecule has 0 saturated carbocycles. The number of benzene rings is 3. The van der Waals surface area contributed by atoms with Crippen LogP contribution in [0.5, 0.6) is 5.75 Å². The minimum absolute atomic E-state index is 0.313. The van der Waals surface area contributed by atoms with Gasteiger partial charge in [-0.25, -0.2) is 0 Å². The first-order chi connectivity index (χ1) is 14.8. The molecule has 1 heterocycles. The molecule has 3 aromatic rings. The van der Waals surface area contributed by atoms with Crippen molar-refractivity contribution in [3.63, 3.8) is 0 Å². The van der Waals surface area contributed by atoms with Crippen molar-refractivity contribution in [1.82, 2.24) is 10.6 Å². The summed E-state index contributed by atoms with van der Waals surface area (Å²) in [5.74, 6) is 0.889. The molecule has 1 aliphatic heterocycles. The van der Waals surface area contributed by atoms with Gasteiger partial charge >= 0.3 is 0 Å². The molecule has 4 rings (SSSR count). The van der Waals surface area contributed by atoms with Crippen molar-refractivity contribution in [2.75, 3.05) is 13.7 Å². The van der Waals surface area contributed by atoms with Crippen molar-refractivity contribution >= 4 is 0 Å². The largest absolute Gasteiger partial charge is 0.496 e. The van der Waals surface area contributed by atoms with Crippen molar-refractivity contribution in [1.29, 1.82) is 5.26 Å². The molecule has 0 bridgehead atoms. The van der Waals surface area contributed by atoms with E-state index in [0.717, 1.165) is 42.0 Å². The van der Waals surface area contributed by atoms with E-state index in [4.69, 9.17) is 10.00 Å². The van der Waals surface area contributed by atoms with Gasteiger partial charge in [-0.15, -0.1) is 0 Å². The Morgan fingerprint density at radius 3 is 2.53 bits per heavy atom. The molecule has 2 N–H and O–H groups in total. The Kier molecular flexibility index (Phi) is 6.44. The third-order valence-electron chi connectivity index (χ3n) is 5.80. The molecule has 0 spiro atoms. The van der Waals surface area contributed by atoms with E-state index in [2.05, 4.69) is 59.2 Å². The minimum Gasteiger partial charge on any atom is -0.496 e. The summed E-state index contributed by atoms with van der Waals surface area (Å²) in [6, 6.07) is 27.5. The highest BCUT2D eigenvalue weighted by Crippen LogP contribution is 2.29. The topological polar surface area (TPSA) is 57.1 Å². The highest BCUT2D eigenvalue weighted by atomic mass is 16.5. The van der Waals surface area contributed by atoms with Crippen LogP contribution in [0.2, 0.25) is 0 Å². The lowest BCUT2D eigenvalue weighted by atomic mass is 9.92. The first-order valence-corrected chi connectivity index (χ1v) is 10.5. The summed E-state index contributed by atoms with van der Waals surface area (Å²) in [7, 11) is 1.72. The monoisotopic (exact) mass is 397 g/mol. The Labute approximate surface area is 178 Å². The van der Waals surface area contributed by atoms with E-state index in [1.807, 2.05) is 30.3 Å². The van der Waals surface area contributed by atoms with Gasteiger partial charge < -0.3 is 15.4 Å². The molecule has 0 aliphatic carbocycles. The SMILES string of the molecule is COc1ccc(-c2ccc(C#N)cc2)cc1CN[C@H]1CCCN[C@@H]1c1ccccc1. The van der Waals surface area contributed by atoms with Gasteiger partial charge in [-0.1, -0.05) is 48.5 Å². The number of rotatable bonds is 6. The fraction of sp³-hybridized carbons (Fsp3) is 0.269. The van der Waals surface area contributed by atoms with E-state index in [9.17, 15) is 0 Å². The van der Waals surface area contributed by atoms with E-state index in [0.29, 0.717) is 17.6 Å². The predicted octanol–water partition coefficient (Wildman–Crippen LogP) is 4.82. The van der Waals surface area contributed by atoms with Crippen LogP contribution in [0.1, 0.15) is 35.6 Å². The summed E-state index contributed by atoms with van der Waals surface area (Å²) in [6.07, 6.45) is 2.31. The number of methoxy groups -OCH3 is 1. The van der Waals surface area contributed by atoms with Crippen LogP contribution in [-0.4, -0.2) is 19.7 Å². The van der Waals surface area contributed by atoms with Crippen molar-refractivity contribution < 1.29 is 4.74 Å². The van der Waals surface area contributed by atoms with Gasteiger partial charge in [-0.2, -0.15) is 5.26 Å². The van der Waals surface area contributed by atoms with Gasteiger partial charge in [0.05, 0.1) is 18.7 Å². The maximum atomic E-state index is 9.03. The summed E-state index contributed by atoms with van der Waals surface area (Å²) < 4.78 is 5.63. The van der Waals surface area contributed by atoms with E-state index >= 15 is 0 Å². The van der Waals surface area contributed by atoms with Crippen LogP contribution in [-0.2, 0) is 6.54 Å². The molecule has 0 amide bonds. The number of hydrogen-bond donors (Lipinski definition) is 2. The molecule has 1 aliphatic rings. The van der Waals surface area contributed by atoms with Crippen molar-refractivity contribution in [3.8, 4) is 22.9 Å². The molecule has 1 saturated heterocycles. The third-order valence-corrected chi connectivity index (χ3v) is 5.80. The first kappa shape index (κ1) is 20.2. The Balaban J connectivity index is 1.53. The zero-order chi connectivity index (χ0) is 20.8. The smallest absolute Gasteiger partial charge is 0.123 e. The summed E-state index contributed by atoms with van der Waals surface area (Å²) in [5.41, 5.74) is 5.36. The molecule has 4 nitrogen and oxygen atoms in total. The van der Waals surface area contributed by atoms with Gasteiger partial charge in [-0.3, -0.25) is 0 Å². The lowest BCUT2D eigenvalue weighted by Gasteiger charge is -2.34. The molecule has 4 heteroatoms. The zero-order valence-corrected chi connectivity index (χ0v) is 17.3. The van der Waals surface area contributed by atoms with Crippen LogP contribution < -0.4 is 15.4 Å². The standard InChI is InChI=1S/C26H27N3O/c1-30-25-14-13-22(20-11-9-19(17-27)10-12-20)16-23(25)18-29-24-8-5-15-28-26(24)21-6-3-2-4-7-21/h2-4,6-7,9-14,16,24,26,28-29H,5,8,15,18H2,1H3/t24-,26+/m0/s1. The molecule has 0 radical (unpaired) electrons. The van der Waals surface area contributed by atoms with Crippen LogP contribution >= 0.6 is 0 Å². The van der Waals surface area contributed by atoms with E-state index in [1.165, 1.54) is 12.0 Å². The first-order valence-electron chi connectivity index (χ1n) is 10.5. The summed E-state index contributed by atoms with van der Waals surface area (Å²) >= 11 is 0. The number of hydrogen-bond acceptors (Lipinski definition) is 4. The average Bonchev–Trinajstić information content (AvgIpc) is 2.83. The molecular weight excluding hydrogens is 370 g/mol. The van der Waals surface area contributed by atoms with Crippen molar-refractivity contribution in [2.24, 2.45) is 0 Å². The summed E-state index contributed by atoms with van der Waals surface area (Å²) in [5, 5.41) is 16.5. The third kappa shape index (κ3) is 4.54. The zero-order valence-electron chi connectivity index (χ0n) is 17.3. The Morgan fingerprint density at radius 1 is 1.03 bits per heavy atom. The number of nitrogens with one attached hydrogen (secondary N) is 2. The van der Waals surface area contributed by atoms with Crippen molar-refractivity contribution in [2.45, 2.75) is 31.5 Å². The second-order valence-corrected chi connectivity index (χ2v) is 7.69. The average molecular weight is 398 g/mol. The predicted molar refractivity (Wildman–Crippen MR) is 120 cm³/mol. The molecular formula is C26H27N3O. The highest BCUT2D eigenvalue weighted by molar-refractivity contribution is 5.66. The van der Waals surface area contributed by atoms with E-state index in [1.54, 1.807) is 7.11 Å². The van der Waals surface area contributed by atoms with Gasteiger partial charge in [-0.05, 0) is 60.3 Å². The lowest BCUT2D eigenvalue weighted by Crippen LogP contribution is -2.45. The van der Waals surface area contributed by atoms with Gasteiger partial charge in [0.25, 0.3) is 0 Å². The van der Waals surface area contributed by atoms with Crippen LogP contribution in [0, 0.1) is 11.3 Å². The van der Waals surface area contributed by atoms with Crippen molar-refractivity contribution in [3.05, 3.63) is 89.5 Å². The second kappa shape index (κ2) is 9.58. The van der Waals surface area contributed by atoms with Crippen LogP contribution in [0.4, 0.5) is 0 Å². The Morgan fingerprint density at radius 2 is 1.80 bits per heavy atom. The second-order valence-electron chi connectivity index (χ2n) is 7.69. The maximum absolute atomic E-state index is 9.03. The Bertz CT molecular complexity index is 1010. The fourth-order valence-corrected chi connectivity index (χ4v) is 4.19. The van der Waals surface area contributed by atoms with E-state index < -0.39 is 0 Å². The van der Waals surface area contributed by atoms with Gasteiger partial charge in [0.1, 0.15) is 5.75 Å². The van der Waals surface area contributed by atoms with Crippen LogP contribution in [0.15, 0.2) is 72.8 Å². The van der Waals surface area contributed by atoms with E-state index in [-0.39, 0.29) is 0 Å². The van der Waals surface area contributed by atoms with Gasteiger partial charge in [0, 0.05) is 24.2 Å². The fourth-order valence-electron chi connectivity index (χ4n) is 4.19. The van der Waals surface area contributed by atoms with Crippen LogP contribution in [0.3, 0.4) is 0 Å². The Hall–Kier alpha value is -3.13. The van der Waals surface area contributed by atoms with Gasteiger partial charge in [0.15, 0.2) is 0 Å². The summed E-state index contributed by atoms with van der Waals surface area (Å²) in [4.78, 5) is 0. The molecule has 2 atom stereocenters. The number of nitriles is 1. The molecule has 152 valence electrons. The molecule has 1 fully saturated rings.